The molecule has 0 fully saturated rings. The third-order valence-electron chi connectivity index (χ3n) is 3.59. The number of hydrogen-bond acceptors (Lipinski definition) is 3. The van der Waals surface area contributed by atoms with Crippen molar-refractivity contribution in [1.29, 1.82) is 0 Å². The molecule has 0 unspecified atom stereocenters. The SMILES string of the molecule is OB(O)Oc1ccc(CCCCCCCCCC(F)(F)F)cc1. The molecular formula is C16H24BF3O3. The molecule has 7 heteroatoms. The summed E-state index contributed by atoms with van der Waals surface area (Å²) in [6.45, 7) is 0. The Bertz CT molecular complexity index is 422. The zero-order valence-electron chi connectivity index (χ0n) is 13.2. The zero-order valence-corrected chi connectivity index (χ0v) is 13.2. The quantitative estimate of drug-likeness (QED) is 0.470. The molecule has 3 nitrogen and oxygen atoms in total. The van der Waals surface area contributed by atoms with Crippen molar-refractivity contribution in [3.8, 4) is 5.75 Å². The van der Waals surface area contributed by atoms with Crippen molar-refractivity contribution in [3.63, 3.8) is 0 Å². The summed E-state index contributed by atoms with van der Waals surface area (Å²) in [5, 5.41) is 17.3. The minimum absolute atomic E-state index is 0.237. The molecule has 0 bridgehead atoms. The van der Waals surface area contributed by atoms with E-state index in [2.05, 4.69) is 0 Å². The molecule has 0 amide bonds. The molecule has 0 atom stereocenters. The molecule has 0 aliphatic heterocycles. The fraction of sp³-hybridized carbons (Fsp3) is 0.625. The van der Waals surface area contributed by atoms with Crippen LogP contribution in [-0.4, -0.2) is 23.5 Å². The predicted molar refractivity (Wildman–Crippen MR) is 84.0 cm³/mol. The first-order chi connectivity index (χ1) is 10.9. The second kappa shape index (κ2) is 10.5. The van der Waals surface area contributed by atoms with Gasteiger partial charge in [-0.25, -0.2) is 0 Å². The summed E-state index contributed by atoms with van der Waals surface area (Å²) in [4.78, 5) is 0. The van der Waals surface area contributed by atoms with E-state index in [1.807, 2.05) is 12.1 Å². The average Bonchev–Trinajstić information content (AvgIpc) is 2.45. The van der Waals surface area contributed by atoms with Gasteiger partial charge < -0.3 is 14.7 Å². The Morgan fingerprint density at radius 3 is 1.87 bits per heavy atom. The van der Waals surface area contributed by atoms with E-state index in [-0.39, 0.29) is 6.42 Å². The maximum absolute atomic E-state index is 11.9. The Morgan fingerprint density at radius 1 is 0.826 bits per heavy atom. The molecule has 1 rings (SSSR count). The first-order valence-corrected chi connectivity index (χ1v) is 8.05. The normalized spacial score (nSPS) is 11.5. The van der Waals surface area contributed by atoms with Crippen LogP contribution in [0, 0.1) is 0 Å². The van der Waals surface area contributed by atoms with Crippen LogP contribution in [0.1, 0.15) is 56.9 Å². The zero-order chi connectivity index (χ0) is 17.1. The Kier molecular flexibility index (Phi) is 9.10. The molecule has 0 heterocycles. The number of benzene rings is 1. The van der Waals surface area contributed by atoms with Gasteiger partial charge in [0.15, 0.2) is 0 Å². The summed E-state index contributed by atoms with van der Waals surface area (Å²) in [7, 11) is -1.81. The van der Waals surface area contributed by atoms with Gasteiger partial charge in [0, 0.05) is 6.42 Å². The molecule has 0 radical (unpaired) electrons. The molecule has 0 aliphatic rings. The lowest BCUT2D eigenvalue weighted by Crippen LogP contribution is -2.20. The van der Waals surface area contributed by atoms with Crippen molar-refractivity contribution < 1.29 is 27.9 Å². The third-order valence-corrected chi connectivity index (χ3v) is 3.59. The number of aryl methyl sites for hydroxylation is 1. The smallest absolute Gasteiger partial charge is 0.512 e. The van der Waals surface area contributed by atoms with Crippen LogP contribution in [-0.2, 0) is 6.42 Å². The van der Waals surface area contributed by atoms with E-state index in [1.165, 1.54) is 0 Å². The highest BCUT2D eigenvalue weighted by Crippen LogP contribution is 2.23. The lowest BCUT2D eigenvalue weighted by molar-refractivity contribution is -0.135. The van der Waals surface area contributed by atoms with Crippen LogP contribution in [0.3, 0.4) is 0 Å². The minimum atomic E-state index is -4.02. The molecule has 23 heavy (non-hydrogen) atoms. The van der Waals surface area contributed by atoms with E-state index in [1.54, 1.807) is 12.1 Å². The molecule has 0 spiro atoms. The lowest BCUT2D eigenvalue weighted by Gasteiger charge is -2.07. The molecule has 1 aromatic carbocycles. The third kappa shape index (κ3) is 11.0. The van der Waals surface area contributed by atoms with E-state index in [0.29, 0.717) is 12.2 Å². The summed E-state index contributed by atoms with van der Waals surface area (Å²) in [6.07, 6.45) is 2.12. The van der Waals surface area contributed by atoms with Crippen LogP contribution in [0.15, 0.2) is 24.3 Å². The van der Waals surface area contributed by atoms with Crippen LogP contribution in [0.5, 0.6) is 5.75 Å². The van der Waals surface area contributed by atoms with Gasteiger partial charge in [0.05, 0.1) is 0 Å². The van der Waals surface area contributed by atoms with E-state index in [9.17, 15) is 13.2 Å². The molecule has 0 aromatic heterocycles. The summed E-state index contributed by atoms with van der Waals surface area (Å²) in [6, 6.07) is 7.15. The largest absolute Gasteiger partial charge is 0.707 e. The second-order valence-corrected chi connectivity index (χ2v) is 5.68. The first-order valence-electron chi connectivity index (χ1n) is 8.05. The monoisotopic (exact) mass is 332 g/mol. The van der Waals surface area contributed by atoms with Crippen LogP contribution < -0.4 is 4.65 Å². The van der Waals surface area contributed by atoms with E-state index in [4.69, 9.17) is 14.7 Å². The van der Waals surface area contributed by atoms with E-state index < -0.39 is 19.9 Å². The maximum Gasteiger partial charge on any atom is 0.707 e. The molecule has 130 valence electrons. The van der Waals surface area contributed by atoms with Gasteiger partial charge in [-0.1, -0.05) is 44.2 Å². The number of unbranched alkanes of at least 4 members (excludes halogenated alkanes) is 6. The van der Waals surface area contributed by atoms with Gasteiger partial charge in [0.25, 0.3) is 0 Å². The fourth-order valence-corrected chi connectivity index (χ4v) is 2.39. The topological polar surface area (TPSA) is 49.7 Å². The molecule has 0 saturated carbocycles. The predicted octanol–water partition coefficient (Wildman–Crippen LogP) is 4.26. The summed E-state index contributed by atoms with van der Waals surface area (Å²) in [5.74, 6) is 0.405. The van der Waals surface area contributed by atoms with Gasteiger partial charge in [-0.2, -0.15) is 13.2 Å². The van der Waals surface area contributed by atoms with E-state index >= 15 is 0 Å². The number of hydrogen-bond donors (Lipinski definition) is 2. The van der Waals surface area contributed by atoms with Gasteiger partial charge in [-0.15, -0.1) is 0 Å². The molecule has 0 aliphatic carbocycles. The van der Waals surface area contributed by atoms with Gasteiger partial charge in [0.1, 0.15) is 5.75 Å². The molecular weight excluding hydrogens is 308 g/mol. The Hall–Kier alpha value is -1.21. The van der Waals surface area contributed by atoms with Crippen molar-refractivity contribution in [2.75, 3.05) is 0 Å². The molecule has 0 saturated heterocycles. The van der Waals surface area contributed by atoms with Crippen molar-refractivity contribution in [2.45, 2.75) is 64.0 Å². The summed E-state index contributed by atoms with van der Waals surface area (Å²) in [5.41, 5.74) is 1.15. The number of rotatable bonds is 11. The summed E-state index contributed by atoms with van der Waals surface area (Å²) < 4.78 is 40.6. The average molecular weight is 332 g/mol. The number of alkyl halides is 3. The van der Waals surface area contributed by atoms with Crippen molar-refractivity contribution in [1.82, 2.24) is 0 Å². The minimum Gasteiger partial charge on any atom is -0.512 e. The first kappa shape index (κ1) is 19.8. The highest BCUT2D eigenvalue weighted by molar-refractivity contribution is 6.33. The highest BCUT2D eigenvalue weighted by Gasteiger charge is 2.25. The van der Waals surface area contributed by atoms with Crippen molar-refractivity contribution in [2.24, 2.45) is 0 Å². The van der Waals surface area contributed by atoms with Crippen molar-refractivity contribution >= 4 is 7.32 Å². The van der Waals surface area contributed by atoms with Gasteiger partial charge in [0.2, 0.25) is 0 Å². The Labute approximate surface area is 135 Å². The van der Waals surface area contributed by atoms with Crippen molar-refractivity contribution in [3.05, 3.63) is 29.8 Å². The lowest BCUT2D eigenvalue weighted by atomic mass is 10.0. The highest BCUT2D eigenvalue weighted by atomic mass is 19.4. The van der Waals surface area contributed by atoms with Gasteiger partial charge in [-0.05, 0) is 37.0 Å². The number of halogens is 3. The van der Waals surface area contributed by atoms with Crippen LogP contribution in [0.4, 0.5) is 13.2 Å². The maximum atomic E-state index is 11.9. The Balaban J connectivity index is 2.00. The van der Waals surface area contributed by atoms with Gasteiger partial charge >= 0.3 is 13.5 Å². The van der Waals surface area contributed by atoms with Crippen LogP contribution in [0.25, 0.3) is 0 Å². The van der Waals surface area contributed by atoms with E-state index in [0.717, 1.165) is 44.1 Å². The van der Waals surface area contributed by atoms with Crippen LogP contribution in [0.2, 0.25) is 0 Å². The standard InChI is InChI=1S/C16H24BF3O3/c18-16(19,20)13-7-5-3-1-2-4-6-8-14-9-11-15(12-10-14)23-17(21)22/h9-12,21-22H,1-8,13H2. The van der Waals surface area contributed by atoms with Gasteiger partial charge in [-0.3, -0.25) is 0 Å². The second-order valence-electron chi connectivity index (χ2n) is 5.68. The molecule has 2 N–H and O–H groups in total. The molecule has 1 aromatic rings. The van der Waals surface area contributed by atoms with Crippen LogP contribution >= 0.6 is 0 Å². The summed E-state index contributed by atoms with van der Waals surface area (Å²) >= 11 is 0. The fourth-order valence-electron chi connectivity index (χ4n) is 2.39. The Morgan fingerprint density at radius 2 is 1.35 bits per heavy atom.